The minimum Gasteiger partial charge on any atom is -0.481 e. The van der Waals surface area contributed by atoms with Crippen LogP contribution in [-0.2, 0) is 20.3 Å². The second-order valence-corrected chi connectivity index (χ2v) is 3.55. The van der Waals surface area contributed by atoms with Crippen LogP contribution in [0.4, 0.5) is 0 Å². The van der Waals surface area contributed by atoms with Crippen molar-refractivity contribution in [1.29, 1.82) is 0 Å². The summed E-state index contributed by atoms with van der Waals surface area (Å²) in [5, 5.41) is 15.0. The van der Waals surface area contributed by atoms with E-state index < -0.39 is 40.4 Å². The standard InChI is InChI=1S/C5H9NO6S/c6-4(5(9)10)2(13(11)12)1-3(7)8/h2,4,13H,1,6H2,(H,7,8)(H,9,10). The van der Waals surface area contributed by atoms with Crippen LogP contribution in [0.1, 0.15) is 6.42 Å². The fraction of sp³-hybridized carbons (Fsp3) is 0.600. The fourth-order valence-electron chi connectivity index (χ4n) is 0.676. The van der Waals surface area contributed by atoms with Crippen molar-refractivity contribution in [3.63, 3.8) is 0 Å². The number of carbonyl (C=O) groups is 2. The summed E-state index contributed by atoms with van der Waals surface area (Å²) in [4.78, 5) is 20.4. The van der Waals surface area contributed by atoms with Crippen LogP contribution in [0.25, 0.3) is 0 Å². The van der Waals surface area contributed by atoms with Gasteiger partial charge < -0.3 is 15.9 Å². The summed E-state index contributed by atoms with van der Waals surface area (Å²) in [7, 11) is -3.15. The molecule has 2 atom stereocenters. The maximum absolute atomic E-state index is 10.4. The zero-order valence-corrected chi connectivity index (χ0v) is 7.31. The number of hydrogen-bond acceptors (Lipinski definition) is 5. The third-order valence-corrected chi connectivity index (χ3v) is 2.40. The van der Waals surface area contributed by atoms with Gasteiger partial charge in [-0.25, -0.2) is 8.42 Å². The lowest BCUT2D eigenvalue weighted by Crippen LogP contribution is -2.43. The van der Waals surface area contributed by atoms with Crippen LogP contribution in [0.2, 0.25) is 0 Å². The maximum Gasteiger partial charge on any atom is 0.321 e. The molecule has 7 nitrogen and oxygen atoms in total. The van der Waals surface area contributed by atoms with Gasteiger partial charge in [0.2, 0.25) is 0 Å². The van der Waals surface area contributed by atoms with Crippen molar-refractivity contribution in [2.75, 3.05) is 0 Å². The molecule has 0 aliphatic carbocycles. The highest BCUT2D eigenvalue weighted by atomic mass is 32.2. The number of aliphatic carboxylic acids is 2. The summed E-state index contributed by atoms with van der Waals surface area (Å²) in [6, 6.07) is -1.70. The third-order valence-electron chi connectivity index (χ3n) is 1.35. The van der Waals surface area contributed by atoms with Crippen LogP contribution in [0.15, 0.2) is 0 Å². The molecule has 0 saturated heterocycles. The van der Waals surface area contributed by atoms with E-state index in [2.05, 4.69) is 0 Å². The zero-order valence-electron chi connectivity index (χ0n) is 6.41. The Bertz CT molecular complexity index is 277. The second-order valence-electron chi connectivity index (χ2n) is 2.31. The number of carboxylic acid groups (broad SMARTS) is 2. The molecule has 0 fully saturated rings. The molecule has 0 aliphatic heterocycles. The zero-order chi connectivity index (χ0) is 10.6. The van der Waals surface area contributed by atoms with Gasteiger partial charge in [-0.3, -0.25) is 9.59 Å². The van der Waals surface area contributed by atoms with Crippen molar-refractivity contribution in [3.05, 3.63) is 0 Å². The molecule has 13 heavy (non-hydrogen) atoms. The van der Waals surface area contributed by atoms with Crippen LogP contribution in [0, 0.1) is 0 Å². The lowest BCUT2D eigenvalue weighted by molar-refractivity contribution is -0.139. The first-order valence-corrected chi connectivity index (χ1v) is 4.44. The Hall–Kier alpha value is -1.15. The Labute approximate surface area is 75.1 Å². The Morgan fingerprint density at radius 3 is 2.00 bits per heavy atom. The molecular weight excluding hydrogens is 202 g/mol. The molecule has 0 bridgehead atoms. The van der Waals surface area contributed by atoms with E-state index in [4.69, 9.17) is 15.9 Å². The van der Waals surface area contributed by atoms with Crippen LogP contribution in [0.3, 0.4) is 0 Å². The van der Waals surface area contributed by atoms with Gasteiger partial charge in [0, 0.05) is 0 Å². The predicted molar refractivity (Wildman–Crippen MR) is 42.0 cm³/mol. The Kier molecular flexibility index (Phi) is 4.35. The van der Waals surface area contributed by atoms with Crippen molar-refractivity contribution < 1.29 is 28.2 Å². The van der Waals surface area contributed by atoms with Gasteiger partial charge in [0.25, 0.3) is 0 Å². The van der Waals surface area contributed by atoms with Crippen LogP contribution in [-0.4, -0.2) is 41.9 Å². The van der Waals surface area contributed by atoms with E-state index in [9.17, 15) is 18.0 Å². The molecule has 0 spiro atoms. The van der Waals surface area contributed by atoms with Crippen molar-refractivity contribution >= 4 is 22.6 Å². The summed E-state index contributed by atoms with van der Waals surface area (Å²) in [5.74, 6) is -2.94. The summed E-state index contributed by atoms with van der Waals surface area (Å²) < 4.78 is 20.8. The van der Waals surface area contributed by atoms with Crippen molar-refractivity contribution in [2.45, 2.75) is 17.7 Å². The van der Waals surface area contributed by atoms with Gasteiger partial charge in [-0.2, -0.15) is 0 Å². The Morgan fingerprint density at radius 1 is 1.31 bits per heavy atom. The second kappa shape index (κ2) is 4.77. The number of hydrogen-bond donors (Lipinski definition) is 4. The van der Waals surface area contributed by atoms with E-state index in [0.29, 0.717) is 0 Å². The highest BCUT2D eigenvalue weighted by Gasteiger charge is 2.28. The molecule has 8 heteroatoms. The molecule has 0 aromatic rings. The van der Waals surface area contributed by atoms with Crippen molar-refractivity contribution in [1.82, 2.24) is 0 Å². The van der Waals surface area contributed by atoms with Crippen LogP contribution >= 0.6 is 0 Å². The first-order valence-electron chi connectivity index (χ1n) is 3.20. The SMILES string of the molecule is NC(C(=O)O)C(CC(=O)O)[SH](=O)=O. The van der Waals surface area contributed by atoms with Gasteiger partial charge in [-0.15, -0.1) is 0 Å². The largest absolute Gasteiger partial charge is 0.481 e. The first-order chi connectivity index (χ1) is 5.86. The summed E-state index contributed by atoms with van der Waals surface area (Å²) in [5.41, 5.74) is 4.96. The van der Waals surface area contributed by atoms with E-state index in [1.165, 1.54) is 0 Å². The van der Waals surface area contributed by atoms with Crippen LogP contribution < -0.4 is 5.73 Å². The molecule has 0 rings (SSSR count). The molecule has 2 unspecified atom stereocenters. The highest BCUT2D eigenvalue weighted by molar-refractivity contribution is 7.73. The van der Waals surface area contributed by atoms with Gasteiger partial charge in [0.15, 0.2) is 0 Å². The smallest absolute Gasteiger partial charge is 0.321 e. The average molecular weight is 211 g/mol. The van der Waals surface area contributed by atoms with Gasteiger partial charge in [-0.1, -0.05) is 0 Å². The monoisotopic (exact) mass is 211 g/mol. The third kappa shape index (κ3) is 3.85. The number of carboxylic acids is 2. The van der Waals surface area contributed by atoms with Crippen LogP contribution in [0.5, 0.6) is 0 Å². The highest BCUT2D eigenvalue weighted by Crippen LogP contribution is 2.02. The average Bonchev–Trinajstić information content (AvgIpc) is 1.97. The maximum atomic E-state index is 10.4. The molecule has 0 aromatic heterocycles. The van der Waals surface area contributed by atoms with E-state index in [1.807, 2.05) is 0 Å². The number of rotatable bonds is 5. The van der Waals surface area contributed by atoms with Gasteiger partial charge in [0.1, 0.15) is 16.7 Å². The minimum atomic E-state index is -3.15. The molecule has 0 aliphatic rings. The summed E-state index contributed by atoms with van der Waals surface area (Å²) >= 11 is 0. The quantitative estimate of drug-likeness (QED) is 0.381. The molecule has 0 aromatic carbocycles. The molecular formula is C5H9NO6S. The molecule has 4 N–H and O–H groups in total. The Balaban J connectivity index is 4.61. The summed E-state index contributed by atoms with van der Waals surface area (Å²) in [6.45, 7) is 0. The van der Waals surface area contributed by atoms with E-state index in [-0.39, 0.29) is 0 Å². The number of thiol groups is 1. The van der Waals surface area contributed by atoms with Crippen molar-refractivity contribution in [3.8, 4) is 0 Å². The first kappa shape index (κ1) is 11.8. The molecule has 0 radical (unpaired) electrons. The van der Waals surface area contributed by atoms with Gasteiger partial charge in [0.05, 0.1) is 11.7 Å². The molecule has 0 saturated carbocycles. The molecule has 0 heterocycles. The molecule has 76 valence electrons. The normalized spacial score (nSPS) is 15.2. The minimum absolute atomic E-state index is 0.799. The van der Waals surface area contributed by atoms with E-state index >= 15 is 0 Å². The molecule has 0 amide bonds. The Morgan fingerprint density at radius 2 is 1.77 bits per heavy atom. The van der Waals surface area contributed by atoms with Crippen molar-refractivity contribution in [2.24, 2.45) is 5.73 Å². The topological polar surface area (TPSA) is 135 Å². The number of nitrogens with two attached hydrogens (primary N) is 1. The summed E-state index contributed by atoms with van der Waals surface area (Å²) in [6.07, 6.45) is -0.799. The predicted octanol–water partition coefficient (Wildman–Crippen LogP) is -2.15. The lowest BCUT2D eigenvalue weighted by Gasteiger charge is -2.11. The van der Waals surface area contributed by atoms with Gasteiger partial charge >= 0.3 is 11.9 Å². The fourth-order valence-corrected chi connectivity index (χ4v) is 1.37. The lowest BCUT2D eigenvalue weighted by atomic mass is 10.1. The van der Waals surface area contributed by atoms with E-state index in [1.54, 1.807) is 0 Å². The van der Waals surface area contributed by atoms with E-state index in [0.717, 1.165) is 0 Å². The van der Waals surface area contributed by atoms with Gasteiger partial charge in [-0.05, 0) is 0 Å².